The van der Waals surface area contributed by atoms with Gasteiger partial charge in [0.2, 0.25) is 0 Å². The molecular weight excluding hydrogens is 334 g/mol. The third-order valence-corrected chi connectivity index (χ3v) is 4.37. The van der Waals surface area contributed by atoms with Gasteiger partial charge in [0.05, 0.1) is 0 Å². The highest BCUT2D eigenvalue weighted by Gasteiger charge is 2.14. The van der Waals surface area contributed by atoms with Crippen LogP contribution in [0, 0.1) is 11.3 Å². The van der Waals surface area contributed by atoms with E-state index in [4.69, 9.17) is 0 Å². The summed E-state index contributed by atoms with van der Waals surface area (Å²) in [5.74, 6) is 0.0374. The van der Waals surface area contributed by atoms with Crippen LogP contribution in [0.4, 0.5) is 5.69 Å². The topological polar surface area (TPSA) is 56.1 Å². The number of amides is 1. The van der Waals surface area contributed by atoms with Crippen molar-refractivity contribution in [3.8, 4) is 6.07 Å². The minimum Gasteiger partial charge on any atom is -0.369 e. The SMILES string of the molecule is CC(C)c1ccc(NC(=O)/C(C#N)=C\N(Cc2ccccc2)C(C)C)cc1. The van der Waals surface area contributed by atoms with Gasteiger partial charge in [-0.25, -0.2) is 0 Å². The fraction of sp³-hybridized carbons (Fsp3) is 0.304. The van der Waals surface area contributed by atoms with Crippen molar-refractivity contribution in [2.24, 2.45) is 0 Å². The normalized spacial score (nSPS) is 11.4. The van der Waals surface area contributed by atoms with Crippen LogP contribution in [0.5, 0.6) is 0 Å². The van der Waals surface area contributed by atoms with Gasteiger partial charge >= 0.3 is 0 Å². The molecule has 0 bridgehead atoms. The van der Waals surface area contributed by atoms with E-state index in [0.717, 1.165) is 5.56 Å². The number of nitrogens with one attached hydrogen (secondary N) is 1. The van der Waals surface area contributed by atoms with Crippen LogP contribution in [0.2, 0.25) is 0 Å². The van der Waals surface area contributed by atoms with Crippen LogP contribution < -0.4 is 5.32 Å². The minimum atomic E-state index is -0.395. The fourth-order valence-corrected chi connectivity index (χ4v) is 2.63. The van der Waals surface area contributed by atoms with Gasteiger partial charge in [-0.15, -0.1) is 0 Å². The maximum absolute atomic E-state index is 12.5. The first kappa shape index (κ1) is 20.3. The first-order valence-corrected chi connectivity index (χ1v) is 9.23. The lowest BCUT2D eigenvalue weighted by Gasteiger charge is -2.25. The molecule has 0 unspecified atom stereocenters. The van der Waals surface area contributed by atoms with Crippen LogP contribution in [0.3, 0.4) is 0 Å². The van der Waals surface area contributed by atoms with Crippen molar-refractivity contribution in [1.82, 2.24) is 4.90 Å². The molecular formula is C23H27N3O. The molecule has 0 spiro atoms. The van der Waals surface area contributed by atoms with Crippen molar-refractivity contribution < 1.29 is 4.79 Å². The molecule has 0 radical (unpaired) electrons. The van der Waals surface area contributed by atoms with Crippen molar-refractivity contribution in [3.05, 3.63) is 77.5 Å². The Balaban J connectivity index is 2.14. The first-order valence-electron chi connectivity index (χ1n) is 9.23. The second-order valence-corrected chi connectivity index (χ2v) is 7.14. The maximum Gasteiger partial charge on any atom is 0.267 e. The Hall–Kier alpha value is -3.06. The maximum atomic E-state index is 12.5. The number of nitriles is 1. The summed E-state index contributed by atoms with van der Waals surface area (Å²) in [7, 11) is 0. The Morgan fingerprint density at radius 1 is 1.07 bits per heavy atom. The highest BCUT2D eigenvalue weighted by Crippen LogP contribution is 2.18. The molecule has 0 aromatic heterocycles. The summed E-state index contributed by atoms with van der Waals surface area (Å²) in [5.41, 5.74) is 3.11. The van der Waals surface area contributed by atoms with Crippen LogP contribution in [-0.2, 0) is 11.3 Å². The summed E-state index contributed by atoms with van der Waals surface area (Å²) in [5, 5.41) is 12.3. The van der Waals surface area contributed by atoms with E-state index in [-0.39, 0.29) is 11.6 Å². The summed E-state index contributed by atoms with van der Waals surface area (Å²) >= 11 is 0. The van der Waals surface area contributed by atoms with E-state index >= 15 is 0 Å². The molecule has 2 rings (SSSR count). The van der Waals surface area contributed by atoms with Crippen molar-refractivity contribution in [2.75, 3.05) is 5.32 Å². The number of nitrogens with zero attached hydrogens (tertiary/aromatic N) is 2. The van der Waals surface area contributed by atoms with Gasteiger partial charge in [-0.05, 0) is 43.0 Å². The Labute approximate surface area is 162 Å². The van der Waals surface area contributed by atoms with Gasteiger partial charge in [0.25, 0.3) is 5.91 Å². The zero-order valence-electron chi connectivity index (χ0n) is 16.4. The van der Waals surface area contributed by atoms with E-state index in [1.807, 2.05) is 79.4 Å². The molecule has 0 heterocycles. The molecule has 0 aliphatic carbocycles. The fourth-order valence-electron chi connectivity index (χ4n) is 2.63. The molecule has 0 fully saturated rings. The lowest BCUT2D eigenvalue weighted by molar-refractivity contribution is -0.112. The number of carbonyl (C=O) groups is 1. The zero-order chi connectivity index (χ0) is 19.8. The van der Waals surface area contributed by atoms with Gasteiger partial charge in [0, 0.05) is 24.5 Å². The number of rotatable bonds is 7. The molecule has 4 nitrogen and oxygen atoms in total. The quantitative estimate of drug-likeness (QED) is 0.553. The van der Waals surface area contributed by atoms with Gasteiger partial charge < -0.3 is 10.2 Å². The predicted octanol–water partition coefficient (Wildman–Crippen LogP) is 5.07. The lowest BCUT2D eigenvalue weighted by atomic mass is 10.0. The van der Waals surface area contributed by atoms with Gasteiger partial charge in [-0.2, -0.15) is 5.26 Å². The molecule has 2 aromatic carbocycles. The first-order chi connectivity index (χ1) is 12.9. The molecule has 0 saturated carbocycles. The molecule has 0 aliphatic rings. The summed E-state index contributed by atoms with van der Waals surface area (Å²) in [4.78, 5) is 14.5. The molecule has 0 aliphatic heterocycles. The average Bonchev–Trinajstić information content (AvgIpc) is 2.66. The van der Waals surface area contributed by atoms with Gasteiger partial charge in [-0.1, -0.05) is 56.3 Å². The summed E-state index contributed by atoms with van der Waals surface area (Å²) < 4.78 is 0. The Morgan fingerprint density at radius 2 is 1.70 bits per heavy atom. The smallest absolute Gasteiger partial charge is 0.267 e. The monoisotopic (exact) mass is 361 g/mol. The van der Waals surface area contributed by atoms with E-state index in [2.05, 4.69) is 19.2 Å². The van der Waals surface area contributed by atoms with Crippen LogP contribution in [-0.4, -0.2) is 16.8 Å². The standard InChI is InChI=1S/C23H27N3O/c1-17(2)20-10-12-22(13-11-20)25-23(27)21(14-24)16-26(18(3)4)15-19-8-6-5-7-9-19/h5-13,16-18H,15H2,1-4H3,(H,25,27)/b21-16-. The number of anilines is 1. The van der Waals surface area contributed by atoms with Crippen LogP contribution in [0.15, 0.2) is 66.4 Å². The van der Waals surface area contributed by atoms with Gasteiger partial charge in [0.1, 0.15) is 11.6 Å². The molecule has 140 valence electrons. The third-order valence-electron chi connectivity index (χ3n) is 4.37. The highest BCUT2D eigenvalue weighted by molar-refractivity contribution is 6.06. The van der Waals surface area contributed by atoms with E-state index in [1.54, 1.807) is 6.20 Å². The Morgan fingerprint density at radius 3 is 2.22 bits per heavy atom. The molecule has 1 N–H and O–H groups in total. The Bertz CT molecular complexity index is 815. The van der Waals surface area contributed by atoms with Crippen LogP contribution >= 0.6 is 0 Å². The largest absolute Gasteiger partial charge is 0.369 e. The number of hydrogen-bond acceptors (Lipinski definition) is 3. The van der Waals surface area contributed by atoms with E-state index in [9.17, 15) is 10.1 Å². The Kier molecular flexibility index (Phi) is 7.19. The predicted molar refractivity (Wildman–Crippen MR) is 110 cm³/mol. The van der Waals surface area contributed by atoms with Crippen LogP contribution in [0.1, 0.15) is 44.7 Å². The number of benzene rings is 2. The second-order valence-electron chi connectivity index (χ2n) is 7.14. The van der Waals surface area contributed by atoms with Crippen molar-refractivity contribution in [1.29, 1.82) is 5.26 Å². The highest BCUT2D eigenvalue weighted by atomic mass is 16.1. The minimum absolute atomic E-state index is 0.0903. The van der Waals surface area contributed by atoms with Gasteiger partial charge in [0.15, 0.2) is 0 Å². The third kappa shape index (κ3) is 6.00. The zero-order valence-corrected chi connectivity index (χ0v) is 16.4. The van der Waals surface area contributed by atoms with Crippen LogP contribution in [0.25, 0.3) is 0 Å². The molecule has 2 aromatic rings. The van der Waals surface area contributed by atoms with E-state index < -0.39 is 5.91 Å². The molecule has 27 heavy (non-hydrogen) atoms. The molecule has 0 atom stereocenters. The van der Waals surface area contributed by atoms with Crippen molar-refractivity contribution in [2.45, 2.75) is 46.2 Å². The number of hydrogen-bond donors (Lipinski definition) is 1. The van der Waals surface area contributed by atoms with E-state index in [1.165, 1.54) is 5.56 Å². The molecule has 1 amide bonds. The van der Waals surface area contributed by atoms with Crippen molar-refractivity contribution in [3.63, 3.8) is 0 Å². The molecule has 0 saturated heterocycles. The molecule has 4 heteroatoms. The summed E-state index contributed by atoms with van der Waals surface area (Å²) in [6, 6.07) is 19.9. The summed E-state index contributed by atoms with van der Waals surface area (Å²) in [6.07, 6.45) is 1.65. The lowest BCUT2D eigenvalue weighted by Crippen LogP contribution is -2.27. The van der Waals surface area contributed by atoms with E-state index in [0.29, 0.717) is 18.2 Å². The van der Waals surface area contributed by atoms with Crippen molar-refractivity contribution >= 4 is 11.6 Å². The second kappa shape index (κ2) is 9.59. The average molecular weight is 361 g/mol. The van der Waals surface area contributed by atoms with Gasteiger partial charge in [-0.3, -0.25) is 4.79 Å². The number of carbonyl (C=O) groups excluding carboxylic acids is 1. The summed E-state index contributed by atoms with van der Waals surface area (Å²) in [6.45, 7) is 8.96.